The van der Waals surface area contributed by atoms with Gasteiger partial charge in [0.15, 0.2) is 5.78 Å². The number of aromatic nitrogens is 2. The van der Waals surface area contributed by atoms with Crippen LogP contribution in [0.25, 0.3) is 44.5 Å². The summed E-state index contributed by atoms with van der Waals surface area (Å²) in [7, 11) is -8.16. The van der Waals surface area contributed by atoms with Gasteiger partial charge in [0, 0.05) is 101 Å². The molecule has 0 aliphatic carbocycles. The number of ketones is 1. The minimum Gasteiger partial charge on any atom is -0.399 e. The van der Waals surface area contributed by atoms with Gasteiger partial charge < -0.3 is 32.6 Å². The molecule has 2 aromatic heterocycles. The highest BCUT2D eigenvalue weighted by Gasteiger charge is 2.23. The first-order chi connectivity index (χ1) is 41.1. The number of ether oxygens (including phenoxy) is 1. The van der Waals surface area contributed by atoms with Gasteiger partial charge in [0.2, 0.25) is 5.24 Å². The molecule has 25 heteroatoms. The highest BCUT2D eigenvalue weighted by Crippen LogP contribution is 2.36. The number of fused-ring (bicyclic) bond motifs is 2. The van der Waals surface area contributed by atoms with Crippen LogP contribution in [-0.4, -0.2) is 87.7 Å². The van der Waals surface area contributed by atoms with Crippen LogP contribution in [0.15, 0.2) is 156 Å². The summed E-state index contributed by atoms with van der Waals surface area (Å²) in [6.45, 7) is 3.09. The molecule has 0 bridgehead atoms. The molecule has 0 saturated carbocycles. The van der Waals surface area contributed by atoms with Crippen LogP contribution in [-0.2, 0) is 53.6 Å². The average Bonchev–Trinajstić information content (AvgIpc) is 3.24. The maximum atomic E-state index is 15.3. The van der Waals surface area contributed by atoms with Crippen LogP contribution in [0, 0.1) is 11.6 Å². The van der Waals surface area contributed by atoms with E-state index in [-0.39, 0.29) is 79.7 Å². The first kappa shape index (κ1) is 63.5. The van der Waals surface area contributed by atoms with Crippen molar-refractivity contribution in [3.05, 3.63) is 185 Å². The Kier molecular flexibility index (Phi) is 21.1. The predicted molar refractivity (Wildman–Crippen MR) is 331 cm³/mol. The van der Waals surface area contributed by atoms with Crippen LogP contribution in [0.2, 0.25) is 0 Å². The Labute approximate surface area is 509 Å². The summed E-state index contributed by atoms with van der Waals surface area (Å²) >= 11 is 15.1. The van der Waals surface area contributed by atoms with Crippen LogP contribution < -0.4 is 37.3 Å². The molecule has 3 aliphatic rings. The summed E-state index contributed by atoms with van der Waals surface area (Å²) in [6.07, 6.45) is 6.85. The van der Waals surface area contributed by atoms with Crippen molar-refractivity contribution in [3.8, 4) is 44.5 Å². The number of hydrogen-bond acceptors (Lipinski definition) is 14. The molecule has 446 valence electrons. The fourth-order valence-electron chi connectivity index (χ4n) is 9.25. The Morgan fingerprint density at radius 2 is 1.01 bits per heavy atom. The van der Waals surface area contributed by atoms with Gasteiger partial charge in [-0.25, -0.2) is 35.6 Å². The quantitative estimate of drug-likeness (QED) is 0.0303. The summed E-state index contributed by atoms with van der Waals surface area (Å²) in [6, 6.07) is 34.0. The second-order valence-electron chi connectivity index (χ2n) is 19.5. The number of nitrogen functional groups attached to an aromatic ring is 3. The van der Waals surface area contributed by atoms with Crippen molar-refractivity contribution in [2.45, 2.75) is 41.9 Å². The van der Waals surface area contributed by atoms with Crippen LogP contribution in [0.5, 0.6) is 0 Å². The molecular weight excluding hydrogens is 1210 g/mol. The van der Waals surface area contributed by atoms with Crippen LogP contribution in [0.3, 0.4) is 0 Å². The lowest BCUT2D eigenvalue weighted by molar-refractivity contribution is -0.116. The van der Waals surface area contributed by atoms with E-state index in [0.29, 0.717) is 70.6 Å². The number of halogens is 5. The van der Waals surface area contributed by atoms with Gasteiger partial charge in [-0.05, 0) is 144 Å². The first-order valence-corrected chi connectivity index (χ1v) is 30.9. The maximum Gasteiger partial charge on any atom is 0.261 e. The van der Waals surface area contributed by atoms with Crippen molar-refractivity contribution < 1.29 is 49.5 Å². The Bertz CT molecular complexity index is 4120. The Morgan fingerprint density at radius 3 is 1.43 bits per heavy atom. The largest absolute Gasteiger partial charge is 0.399 e. The number of carbonyl (C=O) groups excluding carboxylic acids is 4. The zero-order valence-electron chi connectivity index (χ0n) is 45.6. The van der Waals surface area contributed by atoms with Crippen molar-refractivity contribution in [1.82, 2.24) is 20.6 Å². The fraction of sp³-hybridized carbons (Fsp3) is 0.180. The topological polar surface area (TPSA) is 298 Å². The van der Waals surface area contributed by atoms with Crippen molar-refractivity contribution in [2.75, 3.05) is 64.7 Å². The Balaban J connectivity index is 0.000000193. The molecular formula is C61H56Cl3F2N9O9S2. The molecule has 10 N–H and O–H groups in total. The Hall–Kier alpha value is -8.51. The third-order valence-electron chi connectivity index (χ3n) is 13.4. The maximum absolute atomic E-state index is 15.3. The lowest BCUT2D eigenvalue weighted by Crippen LogP contribution is -2.31. The molecule has 5 heterocycles. The van der Waals surface area contributed by atoms with E-state index >= 15 is 8.78 Å². The van der Waals surface area contributed by atoms with Crippen LogP contribution >= 0.6 is 34.8 Å². The van der Waals surface area contributed by atoms with E-state index in [4.69, 9.17) is 56.7 Å². The standard InChI is InChI=1S/C29H24ClFN4O4S.C26H22FN5O3S.C4H8O.C2H2Cl2O/c30-15-22(36)11-17-2-1-3-21(10-17)35-40(38,39)23-5-7-24(27(31)14-23)20-13-26(28(32)34-16-20)18-4-6-25-19(12-18)8-9-33-29(25)37;27-24-13-20(36(34,35)32-19-3-1-2-18(28)12-19)5-7-21(24)17-11-23(25(29)31-14-17)15-4-6-22-16(10-15)8-9-30-26(22)33;1-2-4-5-3-1;3-1-2(4)5/h1-7,10,12-14,16,35H,8-9,11,15H2,(H2,32,34)(H,33,37);1-7,10-14,32H,8-9,28H2,(H2,29,31)(H,30,33);1-4H2;1H2. The zero-order valence-corrected chi connectivity index (χ0v) is 49.5. The molecule has 0 atom stereocenters. The lowest BCUT2D eigenvalue weighted by atomic mass is 9.94. The van der Waals surface area contributed by atoms with Gasteiger partial charge in [-0.2, -0.15) is 0 Å². The molecule has 3 aliphatic heterocycles. The highest BCUT2D eigenvalue weighted by molar-refractivity contribution is 7.93. The van der Waals surface area contributed by atoms with E-state index in [2.05, 4.69) is 30.0 Å². The van der Waals surface area contributed by atoms with Crippen LogP contribution in [0.1, 0.15) is 50.2 Å². The number of alkyl halides is 2. The second-order valence-corrected chi connectivity index (χ2v) is 23.9. The number of anilines is 5. The number of nitrogens with one attached hydrogen (secondary N) is 4. The third kappa shape index (κ3) is 16.3. The molecule has 0 spiro atoms. The number of nitrogens with zero attached hydrogens (tertiary/aromatic N) is 2. The van der Waals surface area contributed by atoms with Crippen LogP contribution in [0.4, 0.5) is 37.5 Å². The van der Waals surface area contributed by atoms with Gasteiger partial charge in [0.1, 0.15) is 23.3 Å². The van der Waals surface area contributed by atoms with E-state index in [0.717, 1.165) is 47.6 Å². The minimum atomic E-state index is -4.13. The predicted octanol–water partition coefficient (Wildman–Crippen LogP) is 10.2. The lowest BCUT2D eigenvalue weighted by Gasteiger charge is -2.18. The van der Waals surface area contributed by atoms with E-state index < -0.39 is 36.9 Å². The SMILES string of the molecule is C1CCOC1.Nc1cccc(NS(=O)(=O)c2ccc(-c3cnc(N)c(-c4ccc5c(c4)CCNC5=O)c3)c(F)c2)c1.Nc1ncc(-c2ccc(S(=O)(=O)Nc3cccc(CC(=O)CCl)c3)cc2F)cc1-c1ccc2c(c1)CCNC2=O.O=C(Cl)CCl. The molecule has 18 nitrogen and oxygen atoms in total. The fourth-order valence-corrected chi connectivity index (χ4v) is 11.5. The monoisotopic (exact) mass is 1270 g/mol. The summed E-state index contributed by atoms with van der Waals surface area (Å²) < 4.78 is 91.7. The van der Waals surface area contributed by atoms with Gasteiger partial charge in [0.05, 0.1) is 27.2 Å². The average molecular weight is 1270 g/mol. The molecule has 1 saturated heterocycles. The van der Waals surface area contributed by atoms with Crippen molar-refractivity contribution in [2.24, 2.45) is 0 Å². The van der Waals surface area contributed by atoms with Gasteiger partial charge in [-0.3, -0.25) is 28.6 Å². The molecule has 0 unspecified atom stereocenters. The molecule has 11 rings (SSSR count). The summed E-state index contributed by atoms with van der Waals surface area (Å²) in [5.41, 5.74) is 26.3. The molecule has 8 aromatic rings. The number of hydrogen-bond donors (Lipinski definition) is 7. The normalized spacial score (nSPS) is 13.3. The van der Waals surface area contributed by atoms with Gasteiger partial charge >= 0.3 is 0 Å². The molecule has 0 radical (unpaired) electrons. The van der Waals surface area contributed by atoms with Crippen molar-refractivity contribution >= 4 is 106 Å². The number of carbonyl (C=O) groups is 4. The van der Waals surface area contributed by atoms with E-state index in [1.54, 1.807) is 66.7 Å². The summed E-state index contributed by atoms with van der Waals surface area (Å²) in [5, 5.41) is 5.10. The van der Waals surface area contributed by atoms with Crippen molar-refractivity contribution in [1.29, 1.82) is 0 Å². The molecule has 6 aromatic carbocycles. The minimum absolute atomic E-state index is 0.0702. The first-order valence-electron chi connectivity index (χ1n) is 26.5. The number of benzene rings is 6. The van der Waals surface area contributed by atoms with Gasteiger partial charge in [0.25, 0.3) is 31.9 Å². The number of rotatable bonds is 14. The molecule has 2 amide bonds. The van der Waals surface area contributed by atoms with E-state index in [9.17, 15) is 36.0 Å². The smallest absolute Gasteiger partial charge is 0.261 e. The second kappa shape index (κ2) is 28.6. The van der Waals surface area contributed by atoms with Crippen molar-refractivity contribution in [3.63, 3.8) is 0 Å². The van der Waals surface area contributed by atoms with E-state index in [1.165, 1.54) is 67.7 Å². The third-order valence-corrected chi connectivity index (χ3v) is 17.0. The zero-order chi connectivity index (χ0) is 61.7. The van der Waals surface area contributed by atoms with E-state index in [1.807, 2.05) is 12.1 Å². The number of Topliss-reactive ketones (excluding diaryl/α,β-unsaturated/α-hetero) is 1. The number of pyridine rings is 2. The molecule has 1 fully saturated rings. The number of nitrogens with two attached hydrogens (primary N) is 3. The number of sulfonamides is 2. The number of amides is 2. The molecule has 86 heavy (non-hydrogen) atoms. The summed E-state index contributed by atoms with van der Waals surface area (Å²) in [5.74, 6) is -1.68. The Morgan fingerprint density at radius 1 is 0.558 bits per heavy atom. The van der Waals surface area contributed by atoms with Gasteiger partial charge in [-0.1, -0.05) is 54.6 Å². The van der Waals surface area contributed by atoms with Gasteiger partial charge in [-0.15, -0.1) is 23.2 Å². The highest BCUT2D eigenvalue weighted by atomic mass is 35.5. The summed E-state index contributed by atoms with van der Waals surface area (Å²) in [4.78, 5) is 53.2.